The van der Waals surface area contributed by atoms with Crippen LogP contribution in [0.2, 0.25) is 0 Å². The summed E-state index contributed by atoms with van der Waals surface area (Å²) in [5.41, 5.74) is 0. The molecule has 1 aromatic rings. The number of nitrogens with one attached hydrogen (secondary N) is 1. The summed E-state index contributed by atoms with van der Waals surface area (Å²) in [6.45, 7) is 5.56. The van der Waals surface area contributed by atoms with Gasteiger partial charge in [-0.05, 0) is 47.8 Å². The highest BCUT2D eigenvalue weighted by Gasteiger charge is 2.09. The highest BCUT2D eigenvalue weighted by atomic mass is 79.9. The minimum Gasteiger partial charge on any atom is -0.468 e. The van der Waals surface area contributed by atoms with Crippen molar-refractivity contribution in [3.05, 3.63) is 22.6 Å². The lowest BCUT2D eigenvalue weighted by Crippen LogP contribution is -2.30. The maximum Gasteiger partial charge on any atom is 0.117 e. The first-order valence-corrected chi connectivity index (χ1v) is 7.02. The molecule has 3 heteroatoms. The summed E-state index contributed by atoms with van der Waals surface area (Å²) in [5.74, 6) is 1.07. The van der Waals surface area contributed by atoms with Gasteiger partial charge in [0, 0.05) is 12.5 Å². The van der Waals surface area contributed by atoms with Crippen LogP contribution >= 0.6 is 15.9 Å². The molecule has 0 aliphatic carbocycles. The average molecular weight is 288 g/mol. The number of aryl methyl sites for hydroxylation is 1. The van der Waals surface area contributed by atoms with Crippen LogP contribution in [0.1, 0.15) is 45.3 Å². The third-order valence-corrected chi connectivity index (χ3v) is 3.44. The summed E-state index contributed by atoms with van der Waals surface area (Å²) in [7, 11) is 0. The van der Waals surface area contributed by atoms with E-state index in [0.717, 1.165) is 29.6 Å². The topological polar surface area (TPSA) is 25.2 Å². The summed E-state index contributed by atoms with van der Waals surface area (Å²) in [6, 6.07) is 2.59. The van der Waals surface area contributed by atoms with Crippen LogP contribution < -0.4 is 5.32 Å². The van der Waals surface area contributed by atoms with Crippen LogP contribution in [-0.2, 0) is 6.42 Å². The van der Waals surface area contributed by atoms with Crippen molar-refractivity contribution >= 4 is 15.9 Å². The zero-order valence-corrected chi connectivity index (χ0v) is 11.8. The Hall–Kier alpha value is -0.280. The maximum atomic E-state index is 5.42. The van der Waals surface area contributed by atoms with Crippen molar-refractivity contribution in [1.82, 2.24) is 5.32 Å². The van der Waals surface area contributed by atoms with E-state index in [9.17, 15) is 0 Å². The quantitative estimate of drug-likeness (QED) is 0.777. The molecule has 0 amide bonds. The molecule has 0 aromatic carbocycles. The van der Waals surface area contributed by atoms with Crippen LogP contribution in [-0.4, -0.2) is 12.6 Å². The summed E-state index contributed by atoms with van der Waals surface area (Å²) in [5, 5.41) is 3.60. The molecule has 1 unspecified atom stereocenters. The molecule has 1 atom stereocenters. The smallest absolute Gasteiger partial charge is 0.117 e. The molecule has 16 heavy (non-hydrogen) atoms. The predicted molar refractivity (Wildman–Crippen MR) is 71.7 cm³/mol. The normalized spacial score (nSPS) is 12.9. The van der Waals surface area contributed by atoms with Gasteiger partial charge >= 0.3 is 0 Å². The number of hydrogen-bond donors (Lipinski definition) is 1. The van der Waals surface area contributed by atoms with Gasteiger partial charge in [0.25, 0.3) is 0 Å². The van der Waals surface area contributed by atoms with E-state index in [1.54, 1.807) is 6.26 Å². The molecular weight excluding hydrogens is 266 g/mol. The van der Waals surface area contributed by atoms with Gasteiger partial charge in [-0.1, -0.05) is 20.3 Å². The van der Waals surface area contributed by atoms with Gasteiger partial charge < -0.3 is 9.73 Å². The summed E-state index contributed by atoms with van der Waals surface area (Å²) >= 11 is 3.49. The van der Waals surface area contributed by atoms with Gasteiger partial charge in [0.15, 0.2) is 0 Å². The van der Waals surface area contributed by atoms with E-state index < -0.39 is 0 Å². The minimum atomic E-state index is 0.627. The van der Waals surface area contributed by atoms with Crippen LogP contribution in [0.25, 0.3) is 0 Å². The van der Waals surface area contributed by atoms with Crippen molar-refractivity contribution in [2.75, 3.05) is 6.54 Å². The predicted octanol–water partition coefficient (Wildman–Crippen LogP) is 4.14. The molecule has 0 spiro atoms. The molecule has 0 aliphatic rings. The Bertz CT molecular complexity index is 285. The fraction of sp³-hybridized carbons (Fsp3) is 0.692. The number of rotatable bonds is 8. The first kappa shape index (κ1) is 13.8. The van der Waals surface area contributed by atoms with Crippen molar-refractivity contribution in [3.8, 4) is 0 Å². The molecule has 0 aliphatic heterocycles. The zero-order valence-electron chi connectivity index (χ0n) is 10.3. The van der Waals surface area contributed by atoms with Gasteiger partial charge in [0.05, 0.1) is 10.7 Å². The Labute approximate surface area is 107 Å². The van der Waals surface area contributed by atoms with Gasteiger partial charge in [0.2, 0.25) is 0 Å². The Morgan fingerprint density at radius 2 is 2.12 bits per heavy atom. The van der Waals surface area contributed by atoms with Crippen molar-refractivity contribution < 1.29 is 4.42 Å². The largest absolute Gasteiger partial charge is 0.468 e. The minimum absolute atomic E-state index is 0.627. The standard InChI is InChI=1S/C13H22BrNO/c1-3-5-11(15-9-4-2)6-7-13-12(14)8-10-16-13/h8,10-11,15H,3-7,9H2,1-2H3. The molecule has 0 fully saturated rings. The van der Waals surface area contributed by atoms with E-state index in [1.807, 2.05) is 6.07 Å². The second-order valence-corrected chi connectivity index (χ2v) is 5.02. The Morgan fingerprint density at radius 3 is 2.69 bits per heavy atom. The SMILES string of the molecule is CCCNC(CCC)CCc1occc1Br. The third kappa shape index (κ3) is 4.71. The molecule has 92 valence electrons. The molecule has 1 rings (SSSR count). The summed E-state index contributed by atoms with van der Waals surface area (Å²) < 4.78 is 6.52. The van der Waals surface area contributed by atoms with Crippen molar-refractivity contribution in [2.24, 2.45) is 0 Å². The van der Waals surface area contributed by atoms with E-state index >= 15 is 0 Å². The fourth-order valence-corrected chi connectivity index (χ4v) is 2.25. The Balaban J connectivity index is 2.34. The Morgan fingerprint density at radius 1 is 1.31 bits per heavy atom. The second kappa shape index (κ2) is 7.91. The molecule has 0 saturated heterocycles. The van der Waals surface area contributed by atoms with E-state index in [4.69, 9.17) is 4.42 Å². The van der Waals surface area contributed by atoms with Gasteiger partial charge in [-0.25, -0.2) is 0 Å². The molecule has 1 aromatic heterocycles. The van der Waals surface area contributed by atoms with Crippen LogP contribution in [0.15, 0.2) is 21.2 Å². The van der Waals surface area contributed by atoms with E-state index in [1.165, 1.54) is 19.3 Å². The van der Waals surface area contributed by atoms with Crippen LogP contribution in [0.3, 0.4) is 0 Å². The first-order valence-electron chi connectivity index (χ1n) is 6.23. The molecular formula is C13H22BrNO. The maximum absolute atomic E-state index is 5.42. The Kier molecular flexibility index (Phi) is 6.81. The third-order valence-electron chi connectivity index (χ3n) is 2.73. The highest BCUT2D eigenvalue weighted by Crippen LogP contribution is 2.20. The van der Waals surface area contributed by atoms with E-state index in [2.05, 4.69) is 35.1 Å². The lowest BCUT2D eigenvalue weighted by Gasteiger charge is -2.17. The molecule has 0 bridgehead atoms. The van der Waals surface area contributed by atoms with Crippen LogP contribution in [0.4, 0.5) is 0 Å². The summed E-state index contributed by atoms with van der Waals surface area (Å²) in [6.07, 6.45) is 7.59. The monoisotopic (exact) mass is 287 g/mol. The fourth-order valence-electron chi connectivity index (χ4n) is 1.85. The van der Waals surface area contributed by atoms with Gasteiger partial charge in [-0.15, -0.1) is 0 Å². The van der Waals surface area contributed by atoms with Gasteiger partial charge in [-0.2, -0.15) is 0 Å². The lowest BCUT2D eigenvalue weighted by molar-refractivity contribution is 0.422. The van der Waals surface area contributed by atoms with Crippen molar-refractivity contribution in [1.29, 1.82) is 0 Å². The molecule has 1 N–H and O–H groups in total. The molecule has 1 heterocycles. The number of furan rings is 1. The molecule has 0 radical (unpaired) electrons. The van der Waals surface area contributed by atoms with E-state index in [-0.39, 0.29) is 0 Å². The number of hydrogen-bond acceptors (Lipinski definition) is 2. The molecule has 0 saturated carbocycles. The zero-order chi connectivity index (χ0) is 11.8. The lowest BCUT2D eigenvalue weighted by atomic mass is 10.1. The average Bonchev–Trinajstić information content (AvgIpc) is 2.68. The molecule has 2 nitrogen and oxygen atoms in total. The summed E-state index contributed by atoms with van der Waals surface area (Å²) in [4.78, 5) is 0. The second-order valence-electron chi connectivity index (χ2n) is 4.17. The first-order chi connectivity index (χ1) is 7.77. The van der Waals surface area contributed by atoms with Gasteiger partial charge in [0.1, 0.15) is 5.76 Å². The van der Waals surface area contributed by atoms with Crippen molar-refractivity contribution in [2.45, 2.75) is 52.0 Å². The van der Waals surface area contributed by atoms with E-state index in [0.29, 0.717) is 6.04 Å². The van der Waals surface area contributed by atoms with Gasteiger partial charge in [-0.3, -0.25) is 0 Å². The van der Waals surface area contributed by atoms with Crippen LogP contribution in [0.5, 0.6) is 0 Å². The van der Waals surface area contributed by atoms with Crippen LogP contribution in [0, 0.1) is 0 Å². The number of halogens is 1. The highest BCUT2D eigenvalue weighted by molar-refractivity contribution is 9.10. The van der Waals surface area contributed by atoms with Crippen molar-refractivity contribution in [3.63, 3.8) is 0 Å².